The lowest BCUT2D eigenvalue weighted by Gasteiger charge is -2.14. The number of nitrogens with zero attached hydrogens (tertiary/aromatic N) is 4. The number of nitrogens with one attached hydrogen (secondary N) is 1. The molecule has 0 bridgehead atoms. The topological polar surface area (TPSA) is 55.6 Å². The van der Waals surface area contributed by atoms with Crippen LogP contribution < -0.4 is 5.32 Å². The van der Waals surface area contributed by atoms with Crippen molar-refractivity contribution in [1.29, 1.82) is 0 Å². The number of imidazole rings is 1. The number of rotatable bonds is 4. The van der Waals surface area contributed by atoms with Gasteiger partial charge in [-0.15, -0.1) is 0 Å². The van der Waals surface area contributed by atoms with Crippen LogP contribution in [-0.2, 0) is 6.54 Å². The summed E-state index contributed by atoms with van der Waals surface area (Å²) in [5.74, 6) is 0.729. The lowest BCUT2D eigenvalue weighted by Crippen LogP contribution is -2.21. The van der Waals surface area contributed by atoms with Gasteiger partial charge in [0, 0.05) is 31.2 Å². The Labute approximate surface area is 98.5 Å². The lowest BCUT2D eigenvalue weighted by molar-refractivity contribution is 0.617. The van der Waals surface area contributed by atoms with Gasteiger partial charge in [0.1, 0.15) is 5.82 Å². The predicted molar refractivity (Wildman–Crippen MR) is 62.4 cm³/mol. The van der Waals surface area contributed by atoms with Crippen molar-refractivity contribution >= 4 is 17.4 Å². The van der Waals surface area contributed by atoms with Crippen LogP contribution in [-0.4, -0.2) is 25.6 Å². The zero-order valence-corrected chi connectivity index (χ0v) is 9.59. The molecular formula is C10H12ClN5. The van der Waals surface area contributed by atoms with Crippen LogP contribution in [0.2, 0.25) is 5.28 Å². The number of aromatic nitrogens is 4. The Bertz CT molecular complexity index is 442. The lowest BCUT2D eigenvalue weighted by atomic mass is 10.3. The van der Waals surface area contributed by atoms with Crippen molar-refractivity contribution in [2.75, 3.05) is 5.32 Å². The van der Waals surface area contributed by atoms with Gasteiger partial charge >= 0.3 is 0 Å². The fourth-order valence-electron chi connectivity index (χ4n) is 1.42. The minimum Gasteiger partial charge on any atom is -0.366 e. The molecule has 2 heterocycles. The van der Waals surface area contributed by atoms with E-state index >= 15 is 0 Å². The third kappa shape index (κ3) is 2.93. The van der Waals surface area contributed by atoms with Gasteiger partial charge in [0.2, 0.25) is 5.28 Å². The maximum Gasteiger partial charge on any atom is 0.224 e. The van der Waals surface area contributed by atoms with E-state index in [1.54, 1.807) is 24.8 Å². The first kappa shape index (κ1) is 10.9. The highest BCUT2D eigenvalue weighted by Gasteiger charge is 2.04. The van der Waals surface area contributed by atoms with E-state index in [0.717, 1.165) is 12.4 Å². The molecule has 84 valence electrons. The normalized spacial score (nSPS) is 12.4. The molecule has 16 heavy (non-hydrogen) atoms. The van der Waals surface area contributed by atoms with Gasteiger partial charge in [-0.05, 0) is 24.6 Å². The minimum atomic E-state index is 0.236. The summed E-state index contributed by atoms with van der Waals surface area (Å²) in [7, 11) is 0. The average molecular weight is 238 g/mol. The number of hydrogen-bond donors (Lipinski definition) is 1. The van der Waals surface area contributed by atoms with E-state index < -0.39 is 0 Å². The third-order valence-electron chi connectivity index (χ3n) is 2.06. The van der Waals surface area contributed by atoms with Gasteiger partial charge in [0.05, 0.1) is 6.33 Å². The summed E-state index contributed by atoms with van der Waals surface area (Å²) in [6.07, 6.45) is 7.09. The summed E-state index contributed by atoms with van der Waals surface area (Å²) in [6, 6.07) is 2.02. The Balaban J connectivity index is 1.94. The predicted octanol–water partition coefficient (Wildman–Crippen LogP) is 1.83. The van der Waals surface area contributed by atoms with Crippen LogP contribution in [0.25, 0.3) is 0 Å². The highest BCUT2D eigenvalue weighted by Crippen LogP contribution is 2.07. The number of halogens is 1. The van der Waals surface area contributed by atoms with Gasteiger partial charge in [-0.1, -0.05) is 0 Å². The van der Waals surface area contributed by atoms with Crippen molar-refractivity contribution in [3.05, 3.63) is 36.3 Å². The van der Waals surface area contributed by atoms with Gasteiger partial charge in [-0.25, -0.2) is 15.0 Å². The summed E-state index contributed by atoms with van der Waals surface area (Å²) >= 11 is 5.69. The molecule has 5 nitrogen and oxygen atoms in total. The second-order valence-electron chi connectivity index (χ2n) is 3.52. The fourth-order valence-corrected chi connectivity index (χ4v) is 1.57. The van der Waals surface area contributed by atoms with Gasteiger partial charge in [0.15, 0.2) is 0 Å². The van der Waals surface area contributed by atoms with Crippen molar-refractivity contribution in [3.8, 4) is 0 Å². The smallest absolute Gasteiger partial charge is 0.224 e. The second-order valence-corrected chi connectivity index (χ2v) is 3.85. The Kier molecular flexibility index (Phi) is 3.36. The summed E-state index contributed by atoms with van der Waals surface area (Å²) in [5.41, 5.74) is 0. The van der Waals surface area contributed by atoms with Gasteiger partial charge in [-0.3, -0.25) is 0 Å². The first-order valence-electron chi connectivity index (χ1n) is 4.95. The molecule has 1 N–H and O–H groups in total. The molecule has 0 radical (unpaired) electrons. The van der Waals surface area contributed by atoms with E-state index in [4.69, 9.17) is 11.6 Å². The van der Waals surface area contributed by atoms with Crippen LogP contribution in [0.15, 0.2) is 31.0 Å². The van der Waals surface area contributed by atoms with Gasteiger partial charge in [-0.2, -0.15) is 0 Å². The van der Waals surface area contributed by atoms with Gasteiger partial charge in [0.25, 0.3) is 0 Å². The van der Waals surface area contributed by atoms with Crippen molar-refractivity contribution in [1.82, 2.24) is 19.5 Å². The molecule has 0 aliphatic rings. The Morgan fingerprint density at radius 3 is 3.06 bits per heavy atom. The molecule has 1 atom stereocenters. The molecular weight excluding hydrogens is 226 g/mol. The van der Waals surface area contributed by atoms with Crippen LogP contribution in [0.3, 0.4) is 0 Å². The zero-order valence-electron chi connectivity index (χ0n) is 8.84. The van der Waals surface area contributed by atoms with Crippen LogP contribution in [0.5, 0.6) is 0 Å². The zero-order chi connectivity index (χ0) is 11.4. The summed E-state index contributed by atoms with van der Waals surface area (Å²) in [5, 5.41) is 3.49. The van der Waals surface area contributed by atoms with Crippen LogP contribution in [0.1, 0.15) is 6.92 Å². The molecule has 2 aromatic rings. The monoisotopic (exact) mass is 237 g/mol. The van der Waals surface area contributed by atoms with Crippen molar-refractivity contribution in [2.24, 2.45) is 0 Å². The molecule has 0 fully saturated rings. The average Bonchev–Trinajstić information content (AvgIpc) is 2.70. The van der Waals surface area contributed by atoms with Crippen LogP contribution in [0, 0.1) is 0 Å². The highest BCUT2D eigenvalue weighted by atomic mass is 35.5. The maximum atomic E-state index is 5.69. The van der Waals surface area contributed by atoms with E-state index in [2.05, 4.69) is 27.2 Å². The van der Waals surface area contributed by atoms with Crippen molar-refractivity contribution in [2.45, 2.75) is 19.5 Å². The molecule has 1 unspecified atom stereocenters. The Morgan fingerprint density at radius 1 is 1.50 bits per heavy atom. The standard InChI is InChI=1S/C10H12ClN5/c1-8(6-16-5-4-12-7-16)14-9-2-3-13-10(11)15-9/h2-5,7-8H,6H2,1H3,(H,13,14,15). The van der Waals surface area contributed by atoms with Crippen LogP contribution >= 0.6 is 11.6 Å². The van der Waals surface area contributed by atoms with E-state index in [9.17, 15) is 0 Å². The van der Waals surface area contributed by atoms with Crippen molar-refractivity contribution < 1.29 is 0 Å². The van der Waals surface area contributed by atoms with Crippen molar-refractivity contribution in [3.63, 3.8) is 0 Å². The molecule has 0 amide bonds. The quantitative estimate of drug-likeness (QED) is 0.825. The molecule has 0 aromatic carbocycles. The minimum absolute atomic E-state index is 0.236. The fraction of sp³-hybridized carbons (Fsp3) is 0.300. The molecule has 2 rings (SSSR count). The Hall–Kier alpha value is -1.62. The van der Waals surface area contributed by atoms with Gasteiger partial charge < -0.3 is 9.88 Å². The number of anilines is 1. The molecule has 0 aliphatic heterocycles. The molecule has 6 heteroatoms. The van der Waals surface area contributed by atoms with Crippen LogP contribution in [0.4, 0.5) is 5.82 Å². The summed E-state index contributed by atoms with van der Waals surface area (Å²) in [6.45, 7) is 2.89. The molecule has 0 aliphatic carbocycles. The first-order chi connectivity index (χ1) is 7.74. The first-order valence-corrected chi connectivity index (χ1v) is 5.32. The molecule has 0 saturated heterocycles. The maximum absolute atomic E-state index is 5.69. The van der Waals surface area contributed by atoms with E-state index in [1.165, 1.54) is 0 Å². The number of hydrogen-bond acceptors (Lipinski definition) is 4. The Morgan fingerprint density at radius 2 is 2.38 bits per heavy atom. The molecule has 2 aromatic heterocycles. The highest BCUT2D eigenvalue weighted by molar-refractivity contribution is 6.28. The molecule has 0 saturated carbocycles. The summed E-state index contributed by atoms with van der Waals surface area (Å²) < 4.78 is 2.00. The molecule has 0 spiro atoms. The largest absolute Gasteiger partial charge is 0.366 e. The van der Waals surface area contributed by atoms with E-state index in [-0.39, 0.29) is 11.3 Å². The third-order valence-corrected chi connectivity index (χ3v) is 2.25. The SMILES string of the molecule is CC(Cn1ccnc1)Nc1ccnc(Cl)n1. The summed E-state index contributed by atoms with van der Waals surface area (Å²) in [4.78, 5) is 11.9. The van der Waals surface area contributed by atoms with E-state index in [1.807, 2.05) is 10.8 Å². The second kappa shape index (κ2) is 4.94. The van der Waals surface area contributed by atoms with E-state index in [0.29, 0.717) is 0 Å².